The molecule has 0 aromatic rings. The number of carbonyl (C=O) groups excluding carboxylic acids is 1. The van der Waals surface area contributed by atoms with Crippen molar-refractivity contribution in [2.24, 2.45) is 41.4 Å². The monoisotopic (exact) mass is 841 g/mol. The third kappa shape index (κ3) is 9.95. The Morgan fingerprint density at radius 3 is 2.00 bits per heavy atom. The van der Waals surface area contributed by atoms with Crippen LogP contribution in [0.2, 0.25) is 0 Å². The molecule has 59 heavy (non-hydrogen) atoms. The Hall–Kier alpha value is -1.26. The largest absolute Gasteiger partial charge is 0.481 e. The lowest BCUT2D eigenvalue weighted by Gasteiger charge is -2.53. The summed E-state index contributed by atoms with van der Waals surface area (Å²) in [5.74, 6) is -4.72. The maximum absolute atomic E-state index is 14.1. The van der Waals surface area contributed by atoms with Crippen molar-refractivity contribution >= 4 is 11.8 Å². The molecule has 0 bridgehead atoms. The van der Waals surface area contributed by atoms with Gasteiger partial charge in [0.25, 0.3) is 0 Å². The zero-order valence-corrected chi connectivity index (χ0v) is 38.4. The summed E-state index contributed by atoms with van der Waals surface area (Å²) in [5, 5.41) is 44.0. The first-order chi connectivity index (χ1) is 27.3. The molecule has 0 unspecified atom stereocenters. The Balaban J connectivity index is 1.25. The highest BCUT2D eigenvalue weighted by Gasteiger charge is 2.57. The summed E-state index contributed by atoms with van der Waals surface area (Å²) in [4.78, 5) is 26.0. The minimum atomic E-state index is -1.87. The van der Waals surface area contributed by atoms with E-state index in [1.165, 1.54) is 6.92 Å². The maximum Gasteiger partial charge on any atom is 0.308 e. The number of carbonyl (C=O) groups is 2. The first-order valence-corrected chi connectivity index (χ1v) is 22.7. The maximum atomic E-state index is 14.1. The van der Waals surface area contributed by atoms with E-state index in [4.69, 9.17) is 33.2 Å². The molecule has 5 fully saturated rings. The number of Topliss-reactive ketones (excluding diaryl/α,β-unsaturated/α-hetero) is 1. The molecule has 5 aliphatic heterocycles. The summed E-state index contributed by atoms with van der Waals surface area (Å²) >= 11 is 0. The molecule has 0 radical (unpaired) electrons. The molecule has 0 amide bonds. The van der Waals surface area contributed by atoms with Gasteiger partial charge in [0.1, 0.15) is 5.60 Å². The van der Waals surface area contributed by atoms with Crippen molar-refractivity contribution in [1.82, 2.24) is 0 Å². The Morgan fingerprint density at radius 1 is 0.814 bits per heavy atom. The topological polar surface area (TPSA) is 180 Å². The number of rotatable bonds is 15. The van der Waals surface area contributed by atoms with Gasteiger partial charge in [0.15, 0.2) is 17.4 Å². The van der Waals surface area contributed by atoms with Gasteiger partial charge in [-0.2, -0.15) is 0 Å². The first-order valence-electron chi connectivity index (χ1n) is 22.7. The van der Waals surface area contributed by atoms with Crippen molar-refractivity contribution in [3.63, 3.8) is 0 Å². The Kier molecular flexibility index (Phi) is 15.3. The van der Waals surface area contributed by atoms with Crippen LogP contribution in [-0.2, 0) is 42.7 Å². The number of ketones is 1. The van der Waals surface area contributed by atoms with Crippen molar-refractivity contribution in [3.8, 4) is 0 Å². The molecule has 0 saturated carbocycles. The molecule has 4 N–H and O–H groups in total. The summed E-state index contributed by atoms with van der Waals surface area (Å²) in [5.41, 5.74) is -3.53. The lowest BCUT2D eigenvalue weighted by Crippen LogP contribution is -2.59. The molecule has 0 aromatic heterocycles. The highest BCUT2D eigenvalue weighted by Crippen LogP contribution is 2.49. The Labute approximate surface area is 353 Å². The van der Waals surface area contributed by atoms with Crippen LogP contribution in [0.3, 0.4) is 0 Å². The molecule has 0 aromatic carbocycles. The lowest BCUT2D eigenvalue weighted by molar-refractivity contribution is -0.355. The van der Waals surface area contributed by atoms with Crippen molar-refractivity contribution < 1.29 is 63.2 Å². The van der Waals surface area contributed by atoms with Crippen LogP contribution in [0.1, 0.15) is 147 Å². The minimum Gasteiger partial charge on any atom is -0.481 e. The van der Waals surface area contributed by atoms with Gasteiger partial charge in [-0.1, -0.05) is 41.5 Å². The second-order valence-electron chi connectivity index (χ2n) is 20.6. The molecule has 342 valence electrons. The second kappa shape index (κ2) is 18.5. The molecular weight excluding hydrogens is 760 g/mol. The fourth-order valence-electron chi connectivity index (χ4n) is 11.2. The van der Waals surface area contributed by atoms with Crippen molar-refractivity contribution in [2.45, 2.75) is 224 Å². The summed E-state index contributed by atoms with van der Waals surface area (Å²) in [6.45, 7) is 21.0. The van der Waals surface area contributed by atoms with Gasteiger partial charge in [-0.3, -0.25) is 9.59 Å². The molecular formula is C46H80O13. The van der Waals surface area contributed by atoms with E-state index < -0.39 is 64.2 Å². The van der Waals surface area contributed by atoms with Crippen LogP contribution in [0.15, 0.2) is 0 Å². The third-order valence-electron chi connectivity index (χ3n) is 16.1. The SMILES string of the molecule is CO[C@@]1(C[C@@H](O)[C@@H](C)C(=O)[C@](C)(O)[C@@H]2CC[C@@](C)([C@H]3CC[C@@](C)(O)[C@H](C)O3)O2)O[C@H](C[C@@]2(OC)O[C@@H](C[C@H]3CC[C@H](C)[C@@H]([C@@H](C)C(=O)O)O3)[C@H](C)C[C@@H]2C)[C@@H](C)C[C@H]1C. The number of ether oxygens (including phenoxy) is 7. The van der Waals surface area contributed by atoms with Crippen LogP contribution in [-0.4, -0.2) is 124 Å². The predicted molar refractivity (Wildman–Crippen MR) is 220 cm³/mol. The number of hydrogen-bond donors (Lipinski definition) is 4. The van der Waals surface area contributed by atoms with Gasteiger partial charge < -0.3 is 53.6 Å². The summed E-state index contributed by atoms with van der Waals surface area (Å²) in [7, 11) is 3.26. The van der Waals surface area contributed by atoms with Crippen LogP contribution >= 0.6 is 0 Å². The van der Waals surface area contributed by atoms with Gasteiger partial charge in [-0.25, -0.2) is 0 Å². The van der Waals surface area contributed by atoms with Crippen LogP contribution < -0.4 is 0 Å². The minimum absolute atomic E-state index is 0.0112. The molecule has 5 heterocycles. The van der Waals surface area contributed by atoms with E-state index in [0.717, 1.165) is 25.7 Å². The van der Waals surface area contributed by atoms with Crippen LogP contribution in [0.25, 0.3) is 0 Å². The van der Waals surface area contributed by atoms with E-state index in [-0.39, 0.29) is 72.6 Å². The zero-order chi connectivity index (χ0) is 44.0. The van der Waals surface area contributed by atoms with Crippen LogP contribution in [0.5, 0.6) is 0 Å². The van der Waals surface area contributed by atoms with Crippen molar-refractivity contribution in [3.05, 3.63) is 0 Å². The molecule has 20 atom stereocenters. The molecule has 0 aliphatic carbocycles. The average molecular weight is 841 g/mol. The van der Waals surface area contributed by atoms with E-state index in [2.05, 4.69) is 27.7 Å². The number of aliphatic carboxylic acids is 1. The number of aliphatic hydroxyl groups excluding tert-OH is 1. The predicted octanol–water partition coefficient (Wildman–Crippen LogP) is 6.44. The van der Waals surface area contributed by atoms with E-state index in [9.17, 15) is 30.0 Å². The normalized spacial score (nSPS) is 47.2. The quantitative estimate of drug-likeness (QED) is 0.142. The molecule has 13 nitrogen and oxygen atoms in total. The highest BCUT2D eigenvalue weighted by molar-refractivity contribution is 5.89. The second-order valence-corrected chi connectivity index (χ2v) is 20.6. The number of carboxylic acid groups (broad SMARTS) is 1. The zero-order valence-electron chi connectivity index (χ0n) is 38.4. The van der Waals surface area contributed by atoms with Crippen molar-refractivity contribution in [2.75, 3.05) is 14.2 Å². The van der Waals surface area contributed by atoms with Crippen LogP contribution in [0, 0.1) is 41.4 Å². The molecule has 13 heteroatoms. The van der Waals surface area contributed by atoms with E-state index in [1.54, 1.807) is 35.0 Å². The fraction of sp³-hybridized carbons (Fsp3) is 0.957. The van der Waals surface area contributed by atoms with Crippen LogP contribution in [0.4, 0.5) is 0 Å². The first kappa shape index (κ1) is 48.8. The lowest BCUT2D eigenvalue weighted by atomic mass is 9.74. The summed E-state index contributed by atoms with van der Waals surface area (Å²) in [6, 6.07) is 0. The number of carboxylic acids is 1. The summed E-state index contributed by atoms with van der Waals surface area (Å²) < 4.78 is 45.7. The standard InChI is InChI=1S/C46H80O13/c1-25-14-15-33(56-39(25)31(7)41(49)50)22-35-26(2)20-29(5)46(54-13,57-35)24-36-27(3)21-28(4)45(53-12,58-36)23-34(47)30(6)40(48)44(11,52)38-17-19-43(10,59-38)37-16-18-42(9,51)32(8)55-37/h25-39,47,51-52H,14-24H2,1-13H3,(H,49,50)/t25-,26+,27-,28+,29-,30+,31+,32-,33+,34+,35-,36+,37+,38-,39-,42+,43-,44+,45-,46+/m0/s1. The Morgan fingerprint density at radius 2 is 1.41 bits per heavy atom. The van der Waals surface area contributed by atoms with E-state index >= 15 is 0 Å². The highest BCUT2D eigenvalue weighted by atomic mass is 16.7. The Bertz CT molecular complexity index is 1440. The number of aliphatic hydroxyl groups is 3. The molecule has 5 aliphatic rings. The van der Waals surface area contributed by atoms with E-state index in [1.807, 2.05) is 20.8 Å². The fourth-order valence-corrected chi connectivity index (χ4v) is 11.2. The van der Waals surface area contributed by atoms with Gasteiger partial charge in [-0.05, 0) is 104 Å². The summed E-state index contributed by atoms with van der Waals surface area (Å²) in [6.07, 6.45) is 2.94. The van der Waals surface area contributed by atoms with E-state index in [0.29, 0.717) is 38.5 Å². The van der Waals surface area contributed by atoms with Gasteiger partial charge in [0, 0.05) is 51.2 Å². The van der Waals surface area contributed by atoms with Gasteiger partial charge in [0.2, 0.25) is 0 Å². The smallest absolute Gasteiger partial charge is 0.308 e. The third-order valence-corrected chi connectivity index (χ3v) is 16.1. The van der Waals surface area contributed by atoms with Gasteiger partial charge in [0.05, 0.1) is 66.0 Å². The van der Waals surface area contributed by atoms with Gasteiger partial charge in [-0.15, -0.1) is 0 Å². The molecule has 5 saturated heterocycles. The number of methoxy groups -OCH3 is 2. The molecule has 5 rings (SSSR count). The average Bonchev–Trinajstić information content (AvgIpc) is 3.59. The number of hydrogen-bond acceptors (Lipinski definition) is 12. The molecule has 0 spiro atoms. The van der Waals surface area contributed by atoms with Crippen molar-refractivity contribution in [1.29, 1.82) is 0 Å². The van der Waals surface area contributed by atoms with Gasteiger partial charge >= 0.3 is 5.97 Å².